The summed E-state index contributed by atoms with van der Waals surface area (Å²) in [5.41, 5.74) is 3.58. The second kappa shape index (κ2) is 11.4. The molecule has 3 aromatic carbocycles. The zero-order valence-corrected chi connectivity index (χ0v) is 21.2. The minimum absolute atomic E-state index is 0.142. The number of ether oxygens (including phenoxy) is 1. The maximum atomic E-state index is 13.3. The van der Waals surface area contributed by atoms with Crippen molar-refractivity contribution in [2.75, 3.05) is 6.61 Å². The van der Waals surface area contributed by atoms with Crippen molar-refractivity contribution in [3.05, 3.63) is 102 Å². The maximum Gasteiger partial charge on any atom is 0.416 e. The number of rotatable bonds is 9. The lowest BCUT2D eigenvalue weighted by molar-refractivity contribution is -0.136. The SMILES string of the molecule is C[C@@H](C(=O)N1C(=O)OC[C@@H]1Cc1ccccc1)[C@H](O)CCc1nc(-c2ccccc2)c(-c2ccccc2)o1. The molecule has 1 fully saturated rings. The van der Waals surface area contributed by atoms with Crippen molar-refractivity contribution in [1.82, 2.24) is 9.88 Å². The van der Waals surface area contributed by atoms with Crippen molar-refractivity contribution in [3.8, 4) is 22.6 Å². The number of hydrogen-bond donors (Lipinski definition) is 1. The fourth-order valence-corrected chi connectivity index (χ4v) is 4.72. The Bertz CT molecular complexity index is 1310. The van der Waals surface area contributed by atoms with Crippen LogP contribution in [0.4, 0.5) is 4.79 Å². The number of cyclic esters (lactones) is 1. The van der Waals surface area contributed by atoms with Gasteiger partial charge in [-0.05, 0) is 18.4 Å². The number of hydrogen-bond acceptors (Lipinski definition) is 6. The first-order valence-electron chi connectivity index (χ1n) is 12.8. The van der Waals surface area contributed by atoms with Gasteiger partial charge in [0.2, 0.25) is 5.91 Å². The van der Waals surface area contributed by atoms with E-state index < -0.39 is 30.1 Å². The summed E-state index contributed by atoms with van der Waals surface area (Å²) in [5.74, 6) is -0.0997. The van der Waals surface area contributed by atoms with Gasteiger partial charge in [0.05, 0.1) is 18.1 Å². The summed E-state index contributed by atoms with van der Waals surface area (Å²) in [6.07, 6.45) is -0.559. The molecule has 194 valence electrons. The smallest absolute Gasteiger partial charge is 0.416 e. The minimum atomic E-state index is -0.986. The summed E-state index contributed by atoms with van der Waals surface area (Å²) >= 11 is 0. The molecule has 0 spiro atoms. The molecule has 0 radical (unpaired) electrons. The second-order valence-electron chi connectivity index (χ2n) is 9.54. The average molecular weight is 511 g/mol. The van der Waals surface area contributed by atoms with Crippen LogP contribution in [0.5, 0.6) is 0 Å². The van der Waals surface area contributed by atoms with Crippen LogP contribution in [0, 0.1) is 5.92 Å². The Morgan fingerprint density at radius 1 is 0.974 bits per heavy atom. The van der Waals surface area contributed by atoms with Gasteiger partial charge in [-0.1, -0.05) is 97.9 Å². The Morgan fingerprint density at radius 3 is 2.24 bits per heavy atom. The Kier molecular flexibility index (Phi) is 7.65. The van der Waals surface area contributed by atoms with Gasteiger partial charge in [0.25, 0.3) is 0 Å². The van der Waals surface area contributed by atoms with E-state index in [1.54, 1.807) is 6.92 Å². The standard InChI is InChI=1S/C31H30N2O5/c1-21(30(35)33-25(20-37-31(33)36)19-22-11-5-2-6-12-22)26(34)17-18-27-32-28(23-13-7-3-8-14-23)29(38-27)24-15-9-4-10-16-24/h2-16,21,25-26,34H,17-20H2,1H3/t21-,25+,26-/m1/s1. The number of benzene rings is 3. The van der Waals surface area contributed by atoms with Gasteiger partial charge in [-0.2, -0.15) is 0 Å². The number of aliphatic hydroxyl groups excluding tert-OH is 1. The third-order valence-electron chi connectivity index (χ3n) is 6.89. The van der Waals surface area contributed by atoms with Gasteiger partial charge in [0.15, 0.2) is 11.7 Å². The van der Waals surface area contributed by atoms with Crippen molar-refractivity contribution in [2.24, 2.45) is 5.92 Å². The molecule has 7 nitrogen and oxygen atoms in total. The van der Waals surface area contributed by atoms with E-state index in [-0.39, 0.29) is 13.0 Å². The molecule has 3 atom stereocenters. The van der Waals surface area contributed by atoms with Crippen LogP contribution in [-0.2, 0) is 22.4 Å². The first-order valence-corrected chi connectivity index (χ1v) is 12.8. The molecule has 0 bridgehead atoms. The molecule has 0 saturated carbocycles. The predicted molar refractivity (Wildman–Crippen MR) is 143 cm³/mol. The highest BCUT2D eigenvalue weighted by molar-refractivity contribution is 5.95. The third kappa shape index (κ3) is 5.53. The van der Waals surface area contributed by atoms with Crippen LogP contribution in [-0.4, -0.2) is 45.7 Å². The zero-order valence-electron chi connectivity index (χ0n) is 21.2. The van der Waals surface area contributed by atoms with Crippen molar-refractivity contribution >= 4 is 12.0 Å². The molecule has 1 saturated heterocycles. The normalized spacial score (nSPS) is 16.7. The third-order valence-corrected chi connectivity index (χ3v) is 6.89. The van der Waals surface area contributed by atoms with Gasteiger partial charge < -0.3 is 14.3 Å². The topological polar surface area (TPSA) is 92.9 Å². The number of aryl methyl sites for hydroxylation is 1. The van der Waals surface area contributed by atoms with E-state index in [1.165, 1.54) is 0 Å². The summed E-state index contributed by atoms with van der Waals surface area (Å²) in [6, 6.07) is 28.8. The number of imide groups is 1. The summed E-state index contributed by atoms with van der Waals surface area (Å²) < 4.78 is 11.3. The number of carbonyl (C=O) groups excluding carboxylic acids is 2. The Hall–Kier alpha value is -4.23. The number of amides is 2. The van der Waals surface area contributed by atoms with Crippen LogP contribution >= 0.6 is 0 Å². The van der Waals surface area contributed by atoms with Gasteiger partial charge in [0.1, 0.15) is 12.3 Å². The predicted octanol–water partition coefficient (Wildman–Crippen LogP) is 5.53. The largest absolute Gasteiger partial charge is 0.447 e. The molecule has 7 heteroatoms. The van der Waals surface area contributed by atoms with E-state index in [0.717, 1.165) is 27.3 Å². The van der Waals surface area contributed by atoms with Crippen LogP contribution in [0.2, 0.25) is 0 Å². The quantitative estimate of drug-likeness (QED) is 0.318. The van der Waals surface area contributed by atoms with Crippen LogP contribution in [0.3, 0.4) is 0 Å². The van der Waals surface area contributed by atoms with Crippen LogP contribution in [0.15, 0.2) is 95.4 Å². The molecule has 4 aromatic rings. The van der Waals surface area contributed by atoms with E-state index in [2.05, 4.69) is 0 Å². The number of nitrogens with zero attached hydrogens (tertiary/aromatic N) is 2. The average Bonchev–Trinajstić information content (AvgIpc) is 3.56. The first kappa shape index (κ1) is 25.4. The summed E-state index contributed by atoms with van der Waals surface area (Å²) in [6.45, 7) is 1.78. The van der Waals surface area contributed by atoms with Gasteiger partial charge >= 0.3 is 6.09 Å². The molecule has 1 aromatic heterocycles. The molecule has 38 heavy (non-hydrogen) atoms. The minimum Gasteiger partial charge on any atom is -0.447 e. The first-order chi connectivity index (χ1) is 18.5. The highest BCUT2D eigenvalue weighted by Gasteiger charge is 2.41. The van der Waals surface area contributed by atoms with E-state index in [4.69, 9.17) is 14.1 Å². The number of aliphatic hydroxyl groups is 1. The highest BCUT2D eigenvalue weighted by Crippen LogP contribution is 2.33. The molecule has 1 aliphatic rings. The Morgan fingerprint density at radius 2 is 1.58 bits per heavy atom. The van der Waals surface area contributed by atoms with E-state index >= 15 is 0 Å². The molecular formula is C31H30N2O5. The number of aromatic nitrogens is 1. The zero-order chi connectivity index (χ0) is 26.5. The molecule has 0 unspecified atom stereocenters. The number of oxazole rings is 1. The van der Waals surface area contributed by atoms with E-state index in [0.29, 0.717) is 24.5 Å². The molecule has 1 aliphatic heterocycles. The molecule has 0 aliphatic carbocycles. The summed E-state index contributed by atoms with van der Waals surface area (Å²) in [5, 5.41) is 10.9. The highest BCUT2D eigenvalue weighted by atomic mass is 16.6. The van der Waals surface area contributed by atoms with Crippen molar-refractivity contribution in [2.45, 2.75) is 38.3 Å². The Balaban J connectivity index is 1.28. The monoisotopic (exact) mass is 510 g/mol. The van der Waals surface area contributed by atoms with Crippen LogP contribution in [0.1, 0.15) is 24.8 Å². The molecule has 1 N–H and O–H groups in total. The van der Waals surface area contributed by atoms with Gasteiger partial charge in [-0.15, -0.1) is 0 Å². The van der Waals surface area contributed by atoms with Crippen LogP contribution in [0.25, 0.3) is 22.6 Å². The van der Waals surface area contributed by atoms with Gasteiger partial charge in [0, 0.05) is 17.5 Å². The van der Waals surface area contributed by atoms with E-state index in [9.17, 15) is 14.7 Å². The van der Waals surface area contributed by atoms with Crippen LogP contribution < -0.4 is 0 Å². The molecule has 2 amide bonds. The van der Waals surface area contributed by atoms with E-state index in [1.807, 2.05) is 91.0 Å². The summed E-state index contributed by atoms with van der Waals surface area (Å²) in [4.78, 5) is 31.6. The number of carbonyl (C=O) groups is 2. The fraction of sp³-hybridized carbons (Fsp3) is 0.258. The maximum absolute atomic E-state index is 13.3. The summed E-state index contributed by atoms with van der Waals surface area (Å²) in [7, 11) is 0. The van der Waals surface area contributed by atoms with Gasteiger partial charge in [-0.3, -0.25) is 4.79 Å². The lowest BCUT2D eigenvalue weighted by atomic mass is 9.97. The lowest BCUT2D eigenvalue weighted by Gasteiger charge is -2.25. The van der Waals surface area contributed by atoms with Gasteiger partial charge in [-0.25, -0.2) is 14.7 Å². The molecular weight excluding hydrogens is 480 g/mol. The molecule has 5 rings (SSSR count). The second-order valence-corrected chi connectivity index (χ2v) is 9.54. The molecule has 2 heterocycles. The van der Waals surface area contributed by atoms with Crippen molar-refractivity contribution < 1.29 is 23.8 Å². The van der Waals surface area contributed by atoms with Crippen molar-refractivity contribution in [3.63, 3.8) is 0 Å². The Labute approximate surface area is 221 Å². The lowest BCUT2D eigenvalue weighted by Crippen LogP contribution is -2.45. The fourth-order valence-electron chi connectivity index (χ4n) is 4.72. The van der Waals surface area contributed by atoms with Crippen molar-refractivity contribution in [1.29, 1.82) is 0 Å².